The fourth-order valence-electron chi connectivity index (χ4n) is 1.82. The molecule has 2 rings (SSSR count). The minimum Gasteiger partial charge on any atom is -0.380 e. The Bertz CT molecular complexity index is 406. The third-order valence-corrected chi connectivity index (χ3v) is 3.24. The van der Waals surface area contributed by atoms with Crippen LogP contribution in [0.3, 0.4) is 0 Å². The second kappa shape index (κ2) is 5.06. The minimum absolute atomic E-state index is 0.175. The normalized spacial score (nSPS) is 21.1. The van der Waals surface area contributed by atoms with Gasteiger partial charge in [-0.3, -0.25) is 4.79 Å². The van der Waals surface area contributed by atoms with Crippen LogP contribution in [0.2, 0.25) is 0 Å². The van der Waals surface area contributed by atoms with Gasteiger partial charge in [0.05, 0.1) is 13.2 Å². The van der Waals surface area contributed by atoms with Crippen LogP contribution in [0, 0.1) is 11.7 Å². The molecule has 0 saturated carbocycles. The molecule has 0 radical (unpaired) electrons. The molecule has 1 unspecified atom stereocenters. The summed E-state index contributed by atoms with van der Waals surface area (Å²) in [6.45, 7) is 0.909. The first kappa shape index (κ1) is 11.7. The largest absolute Gasteiger partial charge is 0.380 e. The van der Waals surface area contributed by atoms with E-state index < -0.39 is 0 Å². The number of carbonyl (C=O) groups is 1. The maximum absolute atomic E-state index is 13.6. The van der Waals surface area contributed by atoms with Crippen molar-refractivity contribution in [3.63, 3.8) is 0 Å². The van der Waals surface area contributed by atoms with E-state index >= 15 is 0 Å². The van der Waals surface area contributed by atoms with Gasteiger partial charge in [-0.2, -0.15) is 0 Å². The Morgan fingerprint density at radius 1 is 1.50 bits per heavy atom. The second-order valence-corrected chi connectivity index (χ2v) is 4.84. The van der Waals surface area contributed by atoms with Crippen LogP contribution in [0.4, 0.5) is 4.39 Å². The lowest BCUT2D eigenvalue weighted by Gasteiger charge is -2.21. The van der Waals surface area contributed by atoms with Gasteiger partial charge in [0.15, 0.2) is 0 Å². The molecular weight excluding hydrogens is 275 g/mol. The van der Waals surface area contributed by atoms with E-state index in [1.165, 1.54) is 6.07 Å². The minimum atomic E-state index is -0.271. The van der Waals surface area contributed by atoms with E-state index in [-0.39, 0.29) is 17.5 Å². The smallest absolute Gasteiger partial charge is 0.140 e. The first-order valence-corrected chi connectivity index (χ1v) is 6.00. The first-order valence-electron chi connectivity index (χ1n) is 5.21. The molecule has 0 amide bonds. The standard InChI is InChI=1S/C12H12BrFO2/c13-10-2-1-8(11(14)6-10)5-9-7-16-4-3-12(9)15/h1-2,6,9H,3-5,7H2. The van der Waals surface area contributed by atoms with Crippen molar-refractivity contribution in [3.8, 4) is 0 Å². The van der Waals surface area contributed by atoms with Gasteiger partial charge in [0, 0.05) is 16.8 Å². The molecule has 1 saturated heterocycles. The van der Waals surface area contributed by atoms with Crippen molar-refractivity contribution in [2.24, 2.45) is 5.92 Å². The number of rotatable bonds is 2. The number of Topliss-reactive ketones (excluding diaryl/α,β-unsaturated/α-hetero) is 1. The highest BCUT2D eigenvalue weighted by molar-refractivity contribution is 9.10. The van der Waals surface area contributed by atoms with Gasteiger partial charge in [0.25, 0.3) is 0 Å². The third kappa shape index (κ3) is 2.68. The summed E-state index contributed by atoms with van der Waals surface area (Å²) < 4.78 is 19.5. The Morgan fingerprint density at radius 3 is 3.00 bits per heavy atom. The molecule has 1 aliphatic heterocycles. The van der Waals surface area contributed by atoms with Gasteiger partial charge in [-0.25, -0.2) is 4.39 Å². The lowest BCUT2D eigenvalue weighted by Crippen LogP contribution is -2.29. The number of halogens is 2. The predicted octanol–water partition coefficient (Wildman–Crippen LogP) is 2.74. The highest BCUT2D eigenvalue weighted by Gasteiger charge is 2.23. The average Bonchev–Trinajstić information content (AvgIpc) is 2.25. The van der Waals surface area contributed by atoms with Gasteiger partial charge in [-0.15, -0.1) is 0 Å². The Kier molecular flexibility index (Phi) is 3.71. The molecule has 4 heteroatoms. The monoisotopic (exact) mass is 286 g/mol. The molecule has 2 nitrogen and oxygen atoms in total. The van der Waals surface area contributed by atoms with Crippen LogP contribution < -0.4 is 0 Å². The van der Waals surface area contributed by atoms with Crippen LogP contribution in [0.15, 0.2) is 22.7 Å². The van der Waals surface area contributed by atoms with Gasteiger partial charge in [-0.1, -0.05) is 22.0 Å². The quantitative estimate of drug-likeness (QED) is 0.836. The molecule has 0 spiro atoms. The molecule has 0 aliphatic carbocycles. The van der Waals surface area contributed by atoms with E-state index in [4.69, 9.17) is 4.74 Å². The van der Waals surface area contributed by atoms with Gasteiger partial charge < -0.3 is 4.74 Å². The molecule has 0 bridgehead atoms. The molecule has 1 aromatic carbocycles. The molecule has 16 heavy (non-hydrogen) atoms. The summed E-state index contributed by atoms with van der Waals surface area (Å²) in [7, 11) is 0. The maximum atomic E-state index is 13.6. The highest BCUT2D eigenvalue weighted by Crippen LogP contribution is 2.21. The SMILES string of the molecule is O=C1CCOCC1Cc1ccc(Br)cc1F. The summed E-state index contributed by atoms with van der Waals surface area (Å²) in [5.74, 6) is -0.286. The Morgan fingerprint density at radius 2 is 2.31 bits per heavy atom. The number of carbonyl (C=O) groups excluding carboxylic acids is 1. The van der Waals surface area contributed by atoms with Gasteiger partial charge in [0.1, 0.15) is 11.6 Å². The molecule has 1 aromatic rings. The Labute approximate surface area is 102 Å². The molecule has 1 aliphatic rings. The number of benzene rings is 1. The average molecular weight is 287 g/mol. The molecule has 0 N–H and O–H groups in total. The topological polar surface area (TPSA) is 26.3 Å². The Balaban J connectivity index is 2.10. The van der Waals surface area contributed by atoms with E-state index in [0.29, 0.717) is 36.1 Å². The van der Waals surface area contributed by atoms with Crippen molar-refractivity contribution in [1.82, 2.24) is 0 Å². The summed E-state index contributed by atoms with van der Waals surface area (Å²) in [6.07, 6.45) is 0.876. The van der Waals surface area contributed by atoms with Crippen molar-refractivity contribution in [3.05, 3.63) is 34.1 Å². The number of ether oxygens (including phenoxy) is 1. The highest BCUT2D eigenvalue weighted by atomic mass is 79.9. The van der Waals surface area contributed by atoms with Crippen LogP contribution in [0.5, 0.6) is 0 Å². The summed E-state index contributed by atoms with van der Waals surface area (Å²) in [6, 6.07) is 4.91. The maximum Gasteiger partial charge on any atom is 0.140 e. The number of ketones is 1. The summed E-state index contributed by atoms with van der Waals surface area (Å²) >= 11 is 3.20. The van der Waals surface area contributed by atoms with Crippen LogP contribution in [-0.2, 0) is 16.0 Å². The zero-order valence-electron chi connectivity index (χ0n) is 8.71. The van der Waals surface area contributed by atoms with Gasteiger partial charge >= 0.3 is 0 Å². The summed E-state index contributed by atoms with van der Waals surface area (Å²) in [5, 5.41) is 0. The fraction of sp³-hybridized carbons (Fsp3) is 0.417. The van der Waals surface area contributed by atoms with Crippen LogP contribution >= 0.6 is 15.9 Å². The van der Waals surface area contributed by atoms with Crippen molar-refractivity contribution < 1.29 is 13.9 Å². The van der Waals surface area contributed by atoms with E-state index in [9.17, 15) is 9.18 Å². The summed E-state index contributed by atoms with van der Waals surface area (Å²) in [4.78, 5) is 11.6. The molecule has 0 aromatic heterocycles. The van der Waals surface area contributed by atoms with Crippen molar-refractivity contribution in [1.29, 1.82) is 0 Å². The molecular formula is C12H12BrFO2. The third-order valence-electron chi connectivity index (χ3n) is 2.75. The van der Waals surface area contributed by atoms with Crippen molar-refractivity contribution in [2.45, 2.75) is 12.8 Å². The molecule has 1 heterocycles. The zero-order valence-corrected chi connectivity index (χ0v) is 10.3. The molecule has 1 fully saturated rings. The van der Waals surface area contributed by atoms with Gasteiger partial charge in [0.2, 0.25) is 0 Å². The summed E-state index contributed by atoms with van der Waals surface area (Å²) in [5.41, 5.74) is 0.576. The van der Waals surface area contributed by atoms with Gasteiger partial charge in [-0.05, 0) is 24.1 Å². The lowest BCUT2D eigenvalue weighted by molar-refractivity contribution is -0.130. The van der Waals surface area contributed by atoms with E-state index in [1.807, 2.05) is 0 Å². The first-order chi connectivity index (χ1) is 7.66. The lowest BCUT2D eigenvalue weighted by atomic mass is 9.93. The number of hydrogen-bond acceptors (Lipinski definition) is 2. The van der Waals surface area contributed by atoms with Crippen molar-refractivity contribution in [2.75, 3.05) is 13.2 Å². The van der Waals surface area contributed by atoms with Crippen molar-refractivity contribution >= 4 is 21.7 Å². The molecule has 1 atom stereocenters. The molecule has 86 valence electrons. The second-order valence-electron chi connectivity index (χ2n) is 3.93. The van der Waals surface area contributed by atoms with E-state index in [0.717, 1.165) is 0 Å². The van der Waals surface area contributed by atoms with E-state index in [2.05, 4.69) is 15.9 Å². The Hall–Kier alpha value is -0.740. The zero-order chi connectivity index (χ0) is 11.5. The van der Waals surface area contributed by atoms with Crippen LogP contribution in [0.1, 0.15) is 12.0 Å². The number of hydrogen-bond donors (Lipinski definition) is 0. The predicted molar refractivity (Wildman–Crippen MR) is 61.7 cm³/mol. The van der Waals surface area contributed by atoms with Crippen LogP contribution in [0.25, 0.3) is 0 Å². The van der Waals surface area contributed by atoms with Crippen LogP contribution in [-0.4, -0.2) is 19.0 Å². The fourth-order valence-corrected chi connectivity index (χ4v) is 2.15. The van der Waals surface area contributed by atoms with E-state index in [1.54, 1.807) is 12.1 Å².